The van der Waals surface area contributed by atoms with Crippen molar-refractivity contribution in [1.82, 2.24) is 25.6 Å². The first-order valence-electron chi connectivity index (χ1n) is 7.81. The highest BCUT2D eigenvalue weighted by Gasteiger charge is 2.02. The summed E-state index contributed by atoms with van der Waals surface area (Å²) in [5.41, 5.74) is 4.24. The van der Waals surface area contributed by atoms with Crippen LogP contribution < -0.4 is 10.2 Å². The summed E-state index contributed by atoms with van der Waals surface area (Å²) in [5.74, 6) is 0.212. The third-order valence-electron chi connectivity index (χ3n) is 3.26. The van der Waals surface area contributed by atoms with Gasteiger partial charge in [-0.2, -0.15) is 5.10 Å². The maximum absolute atomic E-state index is 11.7. The number of carbonyl (C=O) groups excluding carboxylic acids is 1. The van der Waals surface area contributed by atoms with Gasteiger partial charge in [-0.3, -0.25) is 4.79 Å². The van der Waals surface area contributed by atoms with E-state index >= 15 is 0 Å². The topological polar surface area (TPSA) is 94.3 Å². The molecule has 0 aliphatic carbocycles. The van der Waals surface area contributed by atoms with E-state index in [1.807, 2.05) is 36.4 Å². The van der Waals surface area contributed by atoms with Crippen LogP contribution in [0.25, 0.3) is 11.8 Å². The van der Waals surface area contributed by atoms with E-state index in [9.17, 15) is 4.79 Å². The van der Waals surface area contributed by atoms with Gasteiger partial charge in [0.15, 0.2) is 6.61 Å². The molecule has 0 saturated carbocycles. The molecule has 0 bridgehead atoms. The van der Waals surface area contributed by atoms with Gasteiger partial charge in [0.05, 0.1) is 5.69 Å². The van der Waals surface area contributed by atoms with Crippen LogP contribution in [0.3, 0.4) is 0 Å². The van der Waals surface area contributed by atoms with Crippen molar-refractivity contribution in [2.45, 2.75) is 0 Å². The van der Waals surface area contributed by atoms with Crippen molar-refractivity contribution in [2.24, 2.45) is 5.10 Å². The minimum absolute atomic E-state index is 0.135. The number of aromatic nitrogens is 4. The number of carbonyl (C=O) groups is 1. The van der Waals surface area contributed by atoms with Gasteiger partial charge in [0, 0.05) is 6.21 Å². The van der Waals surface area contributed by atoms with E-state index < -0.39 is 0 Å². The number of benzene rings is 2. The lowest BCUT2D eigenvalue weighted by atomic mass is 10.2. The fourth-order valence-corrected chi connectivity index (χ4v) is 2.03. The van der Waals surface area contributed by atoms with E-state index in [0.29, 0.717) is 5.75 Å². The molecular formula is C18H16N6O2. The minimum atomic E-state index is -0.348. The number of amides is 1. The lowest BCUT2D eigenvalue weighted by Crippen LogP contribution is -2.24. The second-order valence-corrected chi connectivity index (χ2v) is 5.12. The molecule has 1 N–H and O–H groups in total. The van der Waals surface area contributed by atoms with E-state index in [1.54, 1.807) is 30.3 Å². The molecule has 8 nitrogen and oxygen atoms in total. The zero-order chi connectivity index (χ0) is 18.0. The molecule has 26 heavy (non-hydrogen) atoms. The summed E-state index contributed by atoms with van der Waals surface area (Å²) in [6.07, 6.45) is 6.63. The van der Waals surface area contributed by atoms with Gasteiger partial charge < -0.3 is 4.74 Å². The molecule has 8 heteroatoms. The predicted octanol–water partition coefficient (Wildman–Crippen LogP) is 1.86. The monoisotopic (exact) mass is 348 g/mol. The Labute approximate surface area is 149 Å². The number of nitrogens with one attached hydrogen (secondary N) is 1. The number of nitrogens with zero attached hydrogens (tertiary/aromatic N) is 5. The Morgan fingerprint density at radius 3 is 2.69 bits per heavy atom. The van der Waals surface area contributed by atoms with E-state index in [2.05, 4.69) is 26.1 Å². The SMILES string of the molecule is O=C(COc1ccc(-n2cnnn2)cc1)N/N=C\C=C\c1ccccc1. The largest absolute Gasteiger partial charge is 0.484 e. The molecule has 1 aromatic heterocycles. The number of hydrazone groups is 1. The Balaban J connectivity index is 1.41. The average Bonchev–Trinajstić information content (AvgIpc) is 3.22. The van der Waals surface area contributed by atoms with Crippen molar-refractivity contribution < 1.29 is 9.53 Å². The molecule has 0 radical (unpaired) electrons. The maximum atomic E-state index is 11.7. The van der Waals surface area contributed by atoms with Gasteiger partial charge in [0.1, 0.15) is 12.1 Å². The van der Waals surface area contributed by atoms with Crippen molar-refractivity contribution >= 4 is 18.2 Å². The molecule has 3 aromatic rings. The molecule has 1 heterocycles. The Hall–Kier alpha value is -3.81. The van der Waals surface area contributed by atoms with Crippen molar-refractivity contribution in [3.63, 3.8) is 0 Å². The van der Waals surface area contributed by atoms with Crippen LogP contribution in [0.5, 0.6) is 5.75 Å². The van der Waals surface area contributed by atoms with Crippen LogP contribution in [0.4, 0.5) is 0 Å². The van der Waals surface area contributed by atoms with Crippen LogP contribution in [0.2, 0.25) is 0 Å². The van der Waals surface area contributed by atoms with Gasteiger partial charge in [-0.15, -0.1) is 5.10 Å². The molecule has 0 unspecified atom stereocenters. The Morgan fingerprint density at radius 2 is 1.96 bits per heavy atom. The normalized spacial score (nSPS) is 11.1. The van der Waals surface area contributed by atoms with Crippen molar-refractivity contribution in [3.8, 4) is 11.4 Å². The smallest absolute Gasteiger partial charge is 0.277 e. The third-order valence-corrected chi connectivity index (χ3v) is 3.26. The van der Waals surface area contributed by atoms with Crippen LogP contribution in [0.1, 0.15) is 5.56 Å². The number of hydrogen-bond acceptors (Lipinski definition) is 6. The first kappa shape index (κ1) is 17.0. The van der Waals surface area contributed by atoms with Crippen LogP contribution >= 0.6 is 0 Å². The zero-order valence-electron chi connectivity index (χ0n) is 13.8. The van der Waals surface area contributed by atoms with Crippen LogP contribution in [-0.2, 0) is 4.79 Å². The standard InChI is InChI=1S/C18H16N6O2/c25-18(21-19-12-4-7-15-5-2-1-3-6-15)13-26-17-10-8-16(9-11-17)24-14-20-22-23-24/h1-12,14H,13H2,(H,21,25)/b7-4+,19-12-. The van der Waals surface area contributed by atoms with Crippen LogP contribution in [0, 0.1) is 0 Å². The van der Waals surface area contributed by atoms with Crippen molar-refractivity contribution in [2.75, 3.05) is 6.61 Å². The Kier molecular flexibility index (Phi) is 5.81. The summed E-state index contributed by atoms with van der Waals surface area (Å²) in [6, 6.07) is 16.8. The molecular weight excluding hydrogens is 332 g/mol. The van der Waals surface area contributed by atoms with E-state index in [4.69, 9.17) is 4.74 Å². The number of hydrogen-bond donors (Lipinski definition) is 1. The zero-order valence-corrected chi connectivity index (χ0v) is 13.8. The first-order valence-corrected chi connectivity index (χ1v) is 7.81. The molecule has 130 valence electrons. The van der Waals surface area contributed by atoms with Crippen LogP contribution in [0.15, 0.2) is 72.1 Å². The summed E-state index contributed by atoms with van der Waals surface area (Å²) in [4.78, 5) is 11.7. The summed E-state index contributed by atoms with van der Waals surface area (Å²) < 4.78 is 6.92. The van der Waals surface area contributed by atoms with Gasteiger partial charge in [0.2, 0.25) is 0 Å². The van der Waals surface area contributed by atoms with Gasteiger partial charge in [0.25, 0.3) is 5.91 Å². The van der Waals surface area contributed by atoms with Gasteiger partial charge >= 0.3 is 0 Å². The van der Waals surface area contributed by atoms with Gasteiger partial charge in [-0.05, 0) is 46.3 Å². The van der Waals surface area contributed by atoms with E-state index in [1.165, 1.54) is 17.2 Å². The highest BCUT2D eigenvalue weighted by molar-refractivity contribution is 5.81. The second kappa shape index (κ2) is 8.88. The highest BCUT2D eigenvalue weighted by Crippen LogP contribution is 2.13. The molecule has 0 fully saturated rings. The summed E-state index contributed by atoms with van der Waals surface area (Å²) >= 11 is 0. The molecule has 2 aromatic carbocycles. The number of rotatable bonds is 7. The Morgan fingerprint density at radius 1 is 1.15 bits per heavy atom. The van der Waals surface area contributed by atoms with Crippen molar-refractivity contribution in [1.29, 1.82) is 0 Å². The summed E-state index contributed by atoms with van der Waals surface area (Å²) in [6.45, 7) is -0.135. The van der Waals surface area contributed by atoms with Crippen LogP contribution in [-0.4, -0.2) is 38.9 Å². The second-order valence-electron chi connectivity index (χ2n) is 5.12. The van der Waals surface area contributed by atoms with E-state index in [0.717, 1.165) is 11.3 Å². The summed E-state index contributed by atoms with van der Waals surface area (Å²) in [5, 5.41) is 14.8. The quantitative estimate of drug-likeness (QED) is 0.519. The first-order chi connectivity index (χ1) is 12.8. The molecule has 0 spiro atoms. The van der Waals surface area contributed by atoms with E-state index in [-0.39, 0.29) is 12.5 Å². The van der Waals surface area contributed by atoms with Gasteiger partial charge in [-0.25, -0.2) is 10.1 Å². The lowest BCUT2D eigenvalue weighted by molar-refractivity contribution is -0.123. The fraction of sp³-hybridized carbons (Fsp3) is 0.0556. The number of allylic oxidation sites excluding steroid dienone is 1. The average molecular weight is 348 g/mol. The highest BCUT2D eigenvalue weighted by atomic mass is 16.5. The number of ether oxygens (including phenoxy) is 1. The molecule has 0 saturated heterocycles. The lowest BCUT2D eigenvalue weighted by Gasteiger charge is -2.05. The molecule has 1 amide bonds. The predicted molar refractivity (Wildman–Crippen MR) is 96.8 cm³/mol. The van der Waals surface area contributed by atoms with Crippen molar-refractivity contribution in [3.05, 3.63) is 72.6 Å². The summed E-state index contributed by atoms with van der Waals surface area (Å²) in [7, 11) is 0. The molecule has 3 rings (SSSR count). The fourth-order valence-electron chi connectivity index (χ4n) is 2.03. The van der Waals surface area contributed by atoms with Gasteiger partial charge in [-0.1, -0.05) is 36.4 Å². The Bertz CT molecular complexity index is 874. The minimum Gasteiger partial charge on any atom is -0.484 e. The third kappa shape index (κ3) is 5.10. The molecule has 0 atom stereocenters. The molecule has 0 aliphatic rings. The molecule has 0 aliphatic heterocycles. The maximum Gasteiger partial charge on any atom is 0.277 e. The number of tetrazole rings is 1.